The number of rotatable bonds is 7. The fraction of sp³-hybridized carbons (Fsp3) is 0.389. The van der Waals surface area contributed by atoms with E-state index in [1.807, 2.05) is 19.1 Å². The van der Waals surface area contributed by atoms with Gasteiger partial charge in [0, 0.05) is 17.4 Å². The molecule has 1 aliphatic rings. The largest absolute Gasteiger partial charge is 0.480 e. The predicted molar refractivity (Wildman–Crippen MR) is 94.8 cm³/mol. The molecule has 1 unspecified atom stereocenters. The number of aryl methyl sites for hydroxylation is 1. The van der Waals surface area contributed by atoms with Gasteiger partial charge in [0.1, 0.15) is 6.04 Å². The van der Waals surface area contributed by atoms with Gasteiger partial charge in [-0.1, -0.05) is 17.7 Å². The third-order valence-corrected chi connectivity index (χ3v) is 4.84. The number of carbonyl (C=O) groups excluding carboxylic acids is 1. The molecule has 1 aliphatic carbocycles. The lowest BCUT2D eigenvalue weighted by atomic mass is 10.1. The maximum Gasteiger partial charge on any atom is 0.326 e. The number of amides is 1. The molecule has 27 heavy (non-hydrogen) atoms. The fourth-order valence-corrected chi connectivity index (χ4v) is 3.01. The quantitative estimate of drug-likeness (QED) is 0.748. The lowest BCUT2D eigenvalue weighted by molar-refractivity contribution is -0.140. The second kappa shape index (κ2) is 7.64. The Hall–Kier alpha value is -2.48. The number of carboxylic acids is 1. The molecule has 1 atom stereocenters. The van der Waals surface area contributed by atoms with Gasteiger partial charge in [-0.3, -0.25) is 4.79 Å². The first-order valence-corrected chi connectivity index (χ1v) is 8.82. The summed E-state index contributed by atoms with van der Waals surface area (Å²) in [6, 6.07) is 3.72. The first-order valence-electron chi connectivity index (χ1n) is 8.44. The second-order valence-electron chi connectivity index (χ2n) is 6.55. The van der Waals surface area contributed by atoms with E-state index in [0.717, 1.165) is 18.4 Å². The summed E-state index contributed by atoms with van der Waals surface area (Å²) >= 11 is 6.18. The number of aromatic nitrogens is 2. The highest BCUT2D eigenvalue weighted by Gasteiger charge is 2.34. The number of alkyl halides is 2. The molecule has 1 saturated carbocycles. The highest BCUT2D eigenvalue weighted by molar-refractivity contribution is 6.31. The van der Waals surface area contributed by atoms with Crippen molar-refractivity contribution in [1.29, 1.82) is 0 Å². The van der Waals surface area contributed by atoms with Crippen LogP contribution >= 0.6 is 11.6 Å². The lowest BCUT2D eigenvalue weighted by Gasteiger charge is -2.15. The molecule has 1 aromatic heterocycles. The van der Waals surface area contributed by atoms with Gasteiger partial charge in [-0.05, 0) is 37.5 Å². The average molecular weight is 398 g/mol. The molecule has 0 saturated heterocycles. The van der Waals surface area contributed by atoms with Gasteiger partial charge >= 0.3 is 5.97 Å². The minimum atomic E-state index is -2.84. The molecule has 0 spiro atoms. The molecular formula is C18H18ClF2N3O3. The summed E-state index contributed by atoms with van der Waals surface area (Å²) in [5, 5.41) is 16.0. The van der Waals surface area contributed by atoms with Crippen LogP contribution in [0.1, 0.15) is 46.8 Å². The van der Waals surface area contributed by atoms with Gasteiger partial charge in [0.25, 0.3) is 5.91 Å². The van der Waals surface area contributed by atoms with Crippen molar-refractivity contribution in [3.63, 3.8) is 0 Å². The van der Waals surface area contributed by atoms with Crippen molar-refractivity contribution in [3.8, 4) is 5.69 Å². The summed E-state index contributed by atoms with van der Waals surface area (Å²) in [5.74, 6) is -2.13. The van der Waals surface area contributed by atoms with Gasteiger partial charge in [0.2, 0.25) is 6.43 Å². The molecule has 6 nitrogen and oxygen atoms in total. The standard InChI is InChI=1S/C18H18ClF2N3O3/c1-9-2-5-11(6-13(9)19)24-16(10-3-4-10)12(8-22-24)17(25)23-14(18(26)27)7-15(20)21/h2,5-6,8,10,14-15H,3-4,7H2,1H3,(H,23,25)(H,26,27). The number of benzene rings is 1. The van der Waals surface area contributed by atoms with Gasteiger partial charge in [-0.15, -0.1) is 0 Å². The van der Waals surface area contributed by atoms with Gasteiger partial charge < -0.3 is 10.4 Å². The van der Waals surface area contributed by atoms with E-state index < -0.39 is 30.8 Å². The third kappa shape index (κ3) is 4.27. The predicted octanol–water partition coefficient (Wildman–Crippen LogP) is 3.55. The van der Waals surface area contributed by atoms with E-state index in [-0.39, 0.29) is 11.5 Å². The summed E-state index contributed by atoms with van der Waals surface area (Å²) in [6.45, 7) is 1.87. The van der Waals surface area contributed by atoms with E-state index in [2.05, 4.69) is 10.4 Å². The molecule has 1 fully saturated rings. The lowest BCUT2D eigenvalue weighted by Crippen LogP contribution is -2.42. The van der Waals surface area contributed by atoms with Crippen LogP contribution in [0.3, 0.4) is 0 Å². The Labute approximate surface area is 159 Å². The molecule has 1 aromatic carbocycles. The summed E-state index contributed by atoms with van der Waals surface area (Å²) in [7, 11) is 0. The maximum absolute atomic E-state index is 12.6. The van der Waals surface area contributed by atoms with Gasteiger partial charge in [-0.25, -0.2) is 18.3 Å². The summed E-state index contributed by atoms with van der Waals surface area (Å²) in [4.78, 5) is 23.7. The molecular weight excluding hydrogens is 380 g/mol. The number of hydrogen-bond donors (Lipinski definition) is 2. The van der Waals surface area contributed by atoms with Gasteiger partial charge in [-0.2, -0.15) is 5.10 Å². The molecule has 1 amide bonds. The molecule has 9 heteroatoms. The molecule has 0 bridgehead atoms. The Morgan fingerprint density at radius 1 is 1.41 bits per heavy atom. The molecule has 0 radical (unpaired) electrons. The van der Waals surface area contributed by atoms with E-state index in [1.54, 1.807) is 10.7 Å². The Balaban J connectivity index is 1.92. The van der Waals surface area contributed by atoms with E-state index in [1.165, 1.54) is 6.20 Å². The van der Waals surface area contributed by atoms with Crippen LogP contribution in [-0.4, -0.2) is 39.2 Å². The van der Waals surface area contributed by atoms with Gasteiger partial charge in [0.05, 0.1) is 23.1 Å². The zero-order chi connectivity index (χ0) is 19.7. The van der Waals surface area contributed by atoms with E-state index in [4.69, 9.17) is 16.7 Å². The number of hydrogen-bond acceptors (Lipinski definition) is 3. The monoisotopic (exact) mass is 397 g/mol. The van der Waals surface area contributed by atoms with Crippen molar-refractivity contribution in [3.05, 3.63) is 46.2 Å². The first kappa shape index (κ1) is 19.3. The molecule has 1 heterocycles. The SMILES string of the molecule is Cc1ccc(-n2ncc(C(=O)NC(CC(F)F)C(=O)O)c2C2CC2)cc1Cl. The number of carbonyl (C=O) groups is 2. The first-order chi connectivity index (χ1) is 12.8. The molecule has 144 valence electrons. The van der Waals surface area contributed by atoms with E-state index in [0.29, 0.717) is 16.4 Å². The van der Waals surface area contributed by atoms with Crippen molar-refractivity contribution in [2.24, 2.45) is 0 Å². The average Bonchev–Trinajstić information content (AvgIpc) is 3.34. The van der Waals surface area contributed by atoms with Crippen molar-refractivity contribution >= 4 is 23.5 Å². The Kier molecular flexibility index (Phi) is 5.46. The zero-order valence-electron chi connectivity index (χ0n) is 14.5. The van der Waals surface area contributed by atoms with Crippen LogP contribution in [0, 0.1) is 6.92 Å². The molecule has 0 aliphatic heterocycles. The number of nitrogens with one attached hydrogen (secondary N) is 1. The fourth-order valence-electron chi connectivity index (χ4n) is 2.84. The number of carboxylic acid groups (broad SMARTS) is 1. The molecule has 2 aromatic rings. The topological polar surface area (TPSA) is 84.2 Å². The number of halogens is 3. The smallest absolute Gasteiger partial charge is 0.326 e. The van der Waals surface area contributed by atoms with Crippen molar-refractivity contribution < 1.29 is 23.5 Å². The highest BCUT2D eigenvalue weighted by atomic mass is 35.5. The van der Waals surface area contributed by atoms with Crippen LogP contribution < -0.4 is 5.32 Å². The number of nitrogens with zero attached hydrogens (tertiary/aromatic N) is 2. The van der Waals surface area contributed by atoms with Crippen LogP contribution in [0.2, 0.25) is 5.02 Å². The van der Waals surface area contributed by atoms with Crippen LogP contribution in [0.25, 0.3) is 5.69 Å². The second-order valence-corrected chi connectivity index (χ2v) is 6.96. The van der Waals surface area contributed by atoms with Crippen LogP contribution in [0.15, 0.2) is 24.4 Å². The Morgan fingerprint density at radius 2 is 2.11 bits per heavy atom. The third-order valence-electron chi connectivity index (χ3n) is 4.43. The van der Waals surface area contributed by atoms with E-state index >= 15 is 0 Å². The minimum Gasteiger partial charge on any atom is -0.480 e. The minimum absolute atomic E-state index is 0.103. The Bertz CT molecular complexity index is 881. The van der Waals surface area contributed by atoms with E-state index in [9.17, 15) is 18.4 Å². The molecule has 2 N–H and O–H groups in total. The number of aliphatic carboxylic acids is 1. The Morgan fingerprint density at radius 3 is 2.67 bits per heavy atom. The zero-order valence-corrected chi connectivity index (χ0v) is 15.2. The van der Waals surface area contributed by atoms with Crippen molar-refractivity contribution in [1.82, 2.24) is 15.1 Å². The highest BCUT2D eigenvalue weighted by Crippen LogP contribution is 2.42. The maximum atomic E-state index is 12.6. The normalized spacial score (nSPS) is 15.0. The summed E-state index contributed by atoms with van der Waals surface area (Å²) < 4.78 is 26.7. The summed E-state index contributed by atoms with van der Waals surface area (Å²) in [6.07, 6.45) is -0.734. The van der Waals surface area contributed by atoms with Crippen molar-refractivity contribution in [2.45, 2.75) is 44.6 Å². The van der Waals surface area contributed by atoms with Crippen molar-refractivity contribution in [2.75, 3.05) is 0 Å². The summed E-state index contributed by atoms with van der Waals surface area (Å²) in [5.41, 5.74) is 2.40. The molecule has 3 rings (SSSR count). The van der Waals surface area contributed by atoms with Crippen LogP contribution in [0.5, 0.6) is 0 Å². The van der Waals surface area contributed by atoms with Crippen LogP contribution in [0.4, 0.5) is 8.78 Å². The van der Waals surface area contributed by atoms with Crippen LogP contribution in [-0.2, 0) is 4.79 Å². The van der Waals surface area contributed by atoms with Gasteiger partial charge in [0.15, 0.2) is 0 Å².